The van der Waals surface area contributed by atoms with Gasteiger partial charge in [-0.05, 0) is 12.1 Å². The highest BCUT2D eigenvalue weighted by atomic mass is 32.2. The van der Waals surface area contributed by atoms with Gasteiger partial charge in [0.1, 0.15) is 11.1 Å². The zero-order valence-electron chi connectivity index (χ0n) is 9.87. The minimum absolute atomic E-state index is 0.332. The summed E-state index contributed by atoms with van der Waals surface area (Å²) in [5.41, 5.74) is 1.69. The van der Waals surface area contributed by atoms with Crippen molar-refractivity contribution in [3.63, 3.8) is 0 Å². The zero-order chi connectivity index (χ0) is 13.8. The molecule has 0 aliphatic carbocycles. The lowest BCUT2D eigenvalue weighted by atomic mass is 10.3. The number of para-hydroxylation sites is 2. The Labute approximate surface area is 112 Å². The van der Waals surface area contributed by atoms with Gasteiger partial charge in [-0.1, -0.05) is 12.1 Å². The second-order valence-corrected chi connectivity index (χ2v) is 5.13. The standard InChI is InChI=1S/C12H12N2O4S/c15-11(16)5-9(12(17)18)19-6-10-13-7-3-1-2-4-8(7)14-10/h1-4,9H,5-6H2,(H,13,14)(H,15,16)(H,17,18). The van der Waals surface area contributed by atoms with Crippen LogP contribution in [0.5, 0.6) is 0 Å². The first kappa shape index (κ1) is 13.4. The van der Waals surface area contributed by atoms with Crippen LogP contribution in [-0.2, 0) is 15.3 Å². The molecule has 6 nitrogen and oxygen atoms in total. The van der Waals surface area contributed by atoms with Gasteiger partial charge in [-0.2, -0.15) is 0 Å². The monoisotopic (exact) mass is 280 g/mol. The quantitative estimate of drug-likeness (QED) is 0.744. The summed E-state index contributed by atoms with van der Waals surface area (Å²) in [4.78, 5) is 28.9. The van der Waals surface area contributed by atoms with Crippen LogP contribution in [0.1, 0.15) is 12.2 Å². The highest BCUT2D eigenvalue weighted by Gasteiger charge is 2.21. The van der Waals surface area contributed by atoms with Crippen molar-refractivity contribution in [1.82, 2.24) is 9.97 Å². The summed E-state index contributed by atoms with van der Waals surface area (Å²) in [6.07, 6.45) is -0.403. The van der Waals surface area contributed by atoms with E-state index in [4.69, 9.17) is 10.2 Å². The molecule has 1 aromatic heterocycles. The van der Waals surface area contributed by atoms with Gasteiger partial charge in [0.2, 0.25) is 0 Å². The topological polar surface area (TPSA) is 103 Å². The Kier molecular flexibility index (Phi) is 4.06. The van der Waals surface area contributed by atoms with Gasteiger partial charge in [0, 0.05) is 0 Å². The lowest BCUT2D eigenvalue weighted by molar-refractivity contribution is -0.142. The second kappa shape index (κ2) is 5.75. The number of aliphatic carboxylic acids is 2. The smallest absolute Gasteiger partial charge is 0.317 e. The van der Waals surface area contributed by atoms with Gasteiger partial charge in [-0.25, -0.2) is 4.98 Å². The predicted molar refractivity (Wildman–Crippen MR) is 71.1 cm³/mol. The third-order valence-electron chi connectivity index (χ3n) is 2.50. The number of hydrogen-bond donors (Lipinski definition) is 3. The molecule has 0 fully saturated rings. The van der Waals surface area contributed by atoms with E-state index in [1.807, 2.05) is 24.3 Å². The van der Waals surface area contributed by atoms with Gasteiger partial charge in [0.15, 0.2) is 0 Å². The van der Waals surface area contributed by atoms with Crippen molar-refractivity contribution in [3.05, 3.63) is 30.1 Å². The molecule has 7 heteroatoms. The van der Waals surface area contributed by atoms with Crippen LogP contribution in [0, 0.1) is 0 Å². The highest BCUT2D eigenvalue weighted by Crippen LogP contribution is 2.21. The number of hydrogen-bond acceptors (Lipinski definition) is 4. The molecule has 2 rings (SSSR count). The van der Waals surface area contributed by atoms with Crippen LogP contribution >= 0.6 is 11.8 Å². The number of aromatic nitrogens is 2. The van der Waals surface area contributed by atoms with Crippen LogP contribution in [-0.4, -0.2) is 37.4 Å². The van der Waals surface area contributed by atoms with E-state index in [9.17, 15) is 9.59 Å². The first-order valence-electron chi connectivity index (χ1n) is 5.56. The summed E-state index contributed by atoms with van der Waals surface area (Å²) in [6, 6.07) is 7.47. The molecule has 1 atom stereocenters. The number of aromatic amines is 1. The van der Waals surface area contributed by atoms with E-state index in [1.165, 1.54) is 0 Å². The van der Waals surface area contributed by atoms with Crippen molar-refractivity contribution < 1.29 is 19.8 Å². The summed E-state index contributed by atoms with van der Waals surface area (Å²) in [5, 5.41) is 16.6. The molecule has 100 valence electrons. The molecule has 0 aliphatic heterocycles. The van der Waals surface area contributed by atoms with Gasteiger partial charge in [0.25, 0.3) is 0 Å². The molecule has 0 spiro atoms. The molecule has 3 N–H and O–H groups in total. The molecule has 0 amide bonds. The highest BCUT2D eigenvalue weighted by molar-refractivity contribution is 7.99. The summed E-state index contributed by atoms with van der Waals surface area (Å²) in [5.74, 6) is -1.27. The molecular formula is C12H12N2O4S. The van der Waals surface area contributed by atoms with Crippen molar-refractivity contribution in [1.29, 1.82) is 0 Å². The zero-order valence-corrected chi connectivity index (χ0v) is 10.7. The number of carboxylic acid groups (broad SMARTS) is 2. The Morgan fingerprint density at radius 1 is 1.32 bits per heavy atom. The van der Waals surface area contributed by atoms with Crippen molar-refractivity contribution >= 4 is 34.7 Å². The number of imidazole rings is 1. The average molecular weight is 280 g/mol. The summed E-state index contributed by atoms with van der Waals surface area (Å²) in [6.45, 7) is 0. The number of nitrogens with one attached hydrogen (secondary N) is 1. The van der Waals surface area contributed by atoms with Crippen LogP contribution in [0.25, 0.3) is 11.0 Å². The first-order chi connectivity index (χ1) is 9.06. The number of nitrogens with zero attached hydrogens (tertiary/aromatic N) is 1. The Hall–Kier alpha value is -2.02. The summed E-state index contributed by atoms with van der Waals surface area (Å²) in [7, 11) is 0. The molecule has 0 saturated heterocycles. The number of benzene rings is 1. The van der Waals surface area contributed by atoms with Crippen LogP contribution in [0.15, 0.2) is 24.3 Å². The molecule has 2 aromatic rings. The fourth-order valence-electron chi connectivity index (χ4n) is 1.63. The van der Waals surface area contributed by atoms with Gasteiger partial charge < -0.3 is 15.2 Å². The molecule has 1 aromatic carbocycles. The Morgan fingerprint density at radius 3 is 2.68 bits per heavy atom. The lowest BCUT2D eigenvalue weighted by Gasteiger charge is -2.07. The minimum Gasteiger partial charge on any atom is -0.481 e. The van der Waals surface area contributed by atoms with Crippen molar-refractivity contribution in [2.24, 2.45) is 0 Å². The van der Waals surface area contributed by atoms with E-state index >= 15 is 0 Å². The Bertz CT molecular complexity index is 578. The Balaban J connectivity index is 2.03. The number of H-pyrrole nitrogens is 1. The van der Waals surface area contributed by atoms with Crippen LogP contribution < -0.4 is 0 Å². The maximum atomic E-state index is 10.9. The fourth-order valence-corrected chi connectivity index (χ4v) is 2.53. The average Bonchev–Trinajstić information content (AvgIpc) is 2.76. The third-order valence-corrected chi connectivity index (χ3v) is 3.71. The number of carboxylic acids is 2. The Morgan fingerprint density at radius 2 is 2.05 bits per heavy atom. The molecule has 0 bridgehead atoms. The molecule has 0 radical (unpaired) electrons. The number of fused-ring (bicyclic) bond motifs is 1. The molecule has 0 aliphatic rings. The van der Waals surface area contributed by atoms with Gasteiger partial charge >= 0.3 is 11.9 Å². The van der Waals surface area contributed by atoms with Crippen molar-refractivity contribution in [2.75, 3.05) is 0 Å². The van der Waals surface area contributed by atoms with Crippen molar-refractivity contribution in [2.45, 2.75) is 17.4 Å². The molecule has 1 heterocycles. The molecular weight excluding hydrogens is 268 g/mol. The van der Waals surface area contributed by atoms with E-state index in [2.05, 4.69) is 9.97 Å². The lowest BCUT2D eigenvalue weighted by Crippen LogP contribution is -2.20. The predicted octanol–water partition coefficient (Wildman–Crippen LogP) is 1.72. The molecule has 1 unspecified atom stereocenters. The second-order valence-electron chi connectivity index (χ2n) is 3.94. The van der Waals surface area contributed by atoms with Crippen LogP contribution in [0.2, 0.25) is 0 Å². The van der Waals surface area contributed by atoms with E-state index < -0.39 is 23.6 Å². The fraction of sp³-hybridized carbons (Fsp3) is 0.250. The summed E-state index contributed by atoms with van der Waals surface area (Å²) >= 11 is 1.05. The molecule has 0 saturated carbocycles. The minimum atomic E-state index is -1.12. The molecule has 19 heavy (non-hydrogen) atoms. The van der Waals surface area contributed by atoms with E-state index in [0.29, 0.717) is 11.6 Å². The SMILES string of the molecule is O=C(O)CC(SCc1nc2ccccc2[nH]1)C(=O)O. The largest absolute Gasteiger partial charge is 0.481 e. The number of rotatable bonds is 6. The van der Waals surface area contributed by atoms with E-state index in [-0.39, 0.29) is 0 Å². The maximum absolute atomic E-state index is 10.9. The van der Waals surface area contributed by atoms with Gasteiger partial charge in [-0.3, -0.25) is 9.59 Å². The van der Waals surface area contributed by atoms with Crippen LogP contribution in [0.4, 0.5) is 0 Å². The van der Waals surface area contributed by atoms with Gasteiger partial charge in [0.05, 0.1) is 23.2 Å². The number of thioether (sulfide) groups is 1. The van der Waals surface area contributed by atoms with Crippen LogP contribution in [0.3, 0.4) is 0 Å². The number of carbonyl (C=O) groups is 2. The first-order valence-corrected chi connectivity index (χ1v) is 6.61. The van der Waals surface area contributed by atoms with E-state index in [1.54, 1.807) is 0 Å². The van der Waals surface area contributed by atoms with Gasteiger partial charge in [-0.15, -0.1) is 11.8 Å². The maximum Gasteiger partial charge on any atom is 0.317 e. The normalized spacial score (nSPS) is 12.4. The van der Waals surface area contributed by atoms with Crippen molar-refractivity contribution in [3.8, 4) is 0 Å². The third kappa shape index (κ3) is 3.47. The summed E-state index contributed by atoms with van der Waals surface area (Å²) < 4.78 is 0. The van der Waals surface area contributed by atoms with E-state index in [0.717, 1.165) is 22.8 Å².